The Labute approximate surface area is 132 Å². The summed E-state index contributed by atoms with van der Waals surface area (Å²) in [6, 6.07) is 2.41. The zero-order valence-corrected chi connectivity index (χ0v) is 14.3. The average molecular weight is 380 g/mol. The number of hydrazine groups is 1. The second kappa shape index (κ2) is 6.20. The van der Waals surface area contributed by atoms with E-state index < -0.39 is 15.8 Å². The van der Waals surface area contributed by atoms with Gasteiger partial charge in [0.15, 0.2) is 0 Å². The molecular formula is C13H19BrFN3O2S. The maximum Gasteiger partial charge on any atom is 0.254 e. The number of benzene rings is 1. The van der Waals surface area contributed by atoms with E-state index in [1.54, 1.807) is 5.01 Å². The Hall–Kier alpha value is -0.700. The van der Waals surface area contributed by atoms with Gasteiger partial charge in [-0.25, -0.2) is 17.8 Å². The summed E-state index contributed by atoms with van der Waals surface area (Å²) in [6.45, 7) is 3.96. The van der Waals surface area contributed by atoms with Crippen LogP contribution < -0.4 is 10.6 Å². The fourth-order valence-electron chi connectivity index (χ4n) is 2.54. The second-order valence-electron chi connectivity index (χ2n) is 5.44. The number of nitrogens with zero attached hydrogens (tertiary/aromatic N) is 1. The number of nitrogens with two attached hydrogens (primary N) is 1. The van der Waals surface area contributed by atoms with Gasteiger partial charge in [-0.15, -0.1) is 4.83 Å². The molecule has 1 heterocycles. The SMILES string of the molecule is CC1CCCC(C)N1NS(=O)(=O)c1cc(N)c(F)cc1Br. The normalized spacial score (nSPS) is 24.2. The van der Waals surface area contributed by atoms with Crippen LogP contribution in [0.1, 0.15) is 33.1 Å². The lowest BCUT2D eigenvalue weighted by Gasteiger charge is -2.38. The van der Waals surface area contributed by atoms with Crippen LogP contribution in [0.3, 0.4) is 0 Å². The summed E-state index contributed by atoms with van der Waals surface area (Å²) in [6.07, 6.45) is 2.94. The minimum atomic E-state index is -3.81. The molecule has 3 N–H and O–H groups in total. The van der Waals surface area contributed by atoms with Crippen molar-refractivity contribution in [3.63, 3.8) is 0 Å². The van der Waals surface area contributed by atoms with Crippen LogP contribution in [0.2, 0.25) is 0 Å². The van der Waals surface area contributed by atoms with Crippen molar-refractivity contribution >= 4 is 31.6 Å². The Balaban J connectivity index is 2.32. The first-order chi connectivity index (χ1) is 9.72. The highest BCUT2D eigenvalue weighted by Gasteiger charge is 2.30. The van der Waals surface area contributed by atoms with Crippen molar-refractivity contribution in [1.29, 1.82) is 0 Å². The predicted octanol–water partition coefficient (Wildman–Crippen LogP) is 2.63. The molecular weight excluding hydrogens is 361 g/mol. The maximum atomic E-state index is 13.3. The molecule has 1 aromatic carbocycles. The lowest BCUT2D eigenvalue weighted by molar-refractivity contribution is 0.0790. The molecule has 0 spiro atoms. The largest absolute Gasteiger partial charge is 0.396 e. The Morgan fingerprint density at radius 2 is 1.90 bits per heavy atom. The van der Waals surface area contributed by atoms with Gasteiger partial charge in [-0.1, -0.05) is 6.42 Å². The molecule has 21 heavy (non-hydrogen) atoms. The van der Waals surface area contributed by atoms with E-state index >= 15 is 0 Å². The van der Waals surface area contributed by atoms with E-state index in [4.69, 9.17) is 5.73 Å². The zero-order chi connectivity index (χ0) is 15.8. The fraction of sp³-hybridized carbons (Fsp3) is 0.538. The number of hydrogen-bond acceptors (Lipinski definition) is 4. The van der Waals surface area contributed by atoms with Crippen molar-refractivity contribution in [3.05, 3.63) is 22.4 Å². The summed E-state index contributed by atoms with van der Waals surface area (Å²) in [5.41, 5.74) is 5.28. The highest BCUT2D eigenvalue weighted by Crippen LogP contribution is 2.28. The van der Waals surface area contributed by atoms with Gasteiger partial charge in [0.05, 0.1) is 10.6 Å². The van der Waals surface area contributed by atoms with Crippen LogP contribution in [0.25, 0.3) is 0 Å². The monoisotopic (exact) mass is 379 g/mol. The van der Waals surface area contributed by atoms with Crippen molar-refractivity contribution in [3.8, 4) is 0 Å². The molecule has 1 saturated heterocycles. The second-order valence-corrected chi connectivity index (χ2v) is 7.92. The minimum absolute atomic E-state index is 0.0635. The van der Waals surface area contributed by atoms with Gasteiger partial charge in [-0.3, -0.25) is 0 Å². The number of hydrogen-bond donors (Lipinski definition) is 2. The summed E-state index contributed by atoms with van der Waals surface area (Å²) < 4.78 is 38.5. The molecule has 5 nitrogen and oxygen atoms in total. The first kappa shape index (κ1) is 16.7. The van der Waals surface area contributed by atoms with Crippen LogP contribution in [-0.4, -0.2) is 25.5 Å². The van der Waals surface area contributed by atoms with Crippen molar-refractivity contribution in [2.24, 2.45) is 0 Å². The maximum absolute atomic E-state index is 13.3. The highest BCUT2D eigenvalue weighted by molar-refractivity contribution is 9.10. The molecule has 2 rings (SSSR count). The number of anilines is 1. The van der Waals surface area contributed by atoms with Gasteiger partial charge < -0.3 is 5.73 Å². The van der Waals surface area contributed by atoms with E-state index in [9.17, 15) is 12.8 Å². The van der Waals surface area contributed by atoms with Gasteiger partial charge in [0, 0.05) is 16.6 Å². The summed E-state index contributed by atoms with van der Waals surface area (Å²) >= 11 is 3.08. The van der Waals surface area contributed by atoms with Gasteiger partial charge in [0.25, 0.3) is 10.0 Å². The molecule has 2 unspecified atom stereocenters. The van der Waals surface area contributed by atoms with E-state index in [1.165, 1.54) is 0 Å². The van der Waals surface area contributed by atoms with E-state index in [0.29, 0.717) is 0 Å². The summed E-state index contributed by atoms with van der Waals surface area (Å²) in [7, 11) is -3.81. The fourth-order valence-corrected chi connectivity index (χ4v) is 4.83. The van der Waals surface area contributed by atoms with Crippen LogP contribution in [0.15, 0.2) is 21.5 Å². The van der Waals surface area contributed by atoms with Crippen molar-refractivity contribution < 1.29 is 12.8 Å². The first-order valence-corrected chi connectivity index (χ1v) is 9.05. The lowest BCUT2D eigenvalue weighted by Crippen LogP contribution is -2.53. The third kappa shape index (κ3) is 3.56. The molecule has 0 radical (unpaired) electrons. The zero-order valence-electron chi connectivity index (χ0n) is 11.9. The van der Waals surface area contributed by atoms with E-state index in [0.717, 1.165) is 31.4 Å². The topological polar surface area (TPSA) is 75.4 Å². The molecule has 1 aromatic rings. The minimum Gasteiger partial charge on any atom is -0.396 e. The van der Waals surface area contributed by atoms with E-state index in [1.807, 2.05) is 13.8 Å². The highest BCUT2D eigenvalue weighted by atomic mass is 79.9. The van der Waals surface area contributed by atoms with Crippen LogP contribution in [0.5, 0.6) is 0 Å². The Morgan fingerprint density at radius 3 is 2.48 bits per heavy atom. The van der Waals surface area contributed by atoms with Crippen LogP contribution >= 0.6 is 15.9 Å². The molecule has 1 aliphatic rings. The van der Waals surface area contributed by atoms with Crippen LogP contribution in [-0.2, 0) is 10.0 Å². The average Bonchev–Trinajstić information content (AvgIpc) is 2.38. The summed E-state index contributed by atoms with van der Waals surface area (Å²) in [4.78, 5) is 2.53. The van der Waals surface area contributed by atoms with Crippen LogP contribution in [0.4, 0.5) is 10.1 Å². The Bertz CT molecular complexity index is 629. The van der Waals surface area contributed by atoms with Crippen molar-refractivity contribution in [1.82, 2.24) is 9.84 Å². The molecule has 1 fully saturated rings. The van der Waals surface area contributed by atoms with Crippen molar-refractivity contribution in [2.75, 3.05) is 5.73 Å². The van der Waals surface area contributed by atoms with Gasteiger partial charge in [-0.2, -0.15) is 0 Å². The summed E-state index contributed by atoms with van der Waals surface area (Å²) in [5, 5.41) is 1.74. The number of sulfonamides is 1. The molecule has 0 bridgehead atoms. The third-order valence-corrected chi connectivity index (χ3v) is 6.05. The number of halogens is 2. The van der Waals surface area contributed by atoms with Gasteiger partial charge in [0.2, 0.25) is 0 Å². The van der Waals surface area contributed by atoms with Gasteiger partial charge >= 0.3 is 0 Å². The Morgan fingerprint density at radius 1 is 1.33 bits per heavy atom. The number of rotatable bonds is 3. The molecule has 0 aromatic heterocycles. The molecule has 8 heteroatoms. The molecule has 0 amide bonds. The van der Waals surface area contributed by atoms with Gasteiger partial charge in [0.1, 0.15) is 5.82 Å². The third-order valence-electron chi connectivity index (χ3n) is 3.76. The molecule has 1 aliphatic heterocycles. The summed E-state index contributed by atoms with van der Waals surface area (Å²) in [5.74, 6) is -0.652. The standard InChI is InChI=1S/C13H19BrFN3O2S/c1-8-4-3-5-9(2)18(8)17-21(19,20)13-7-12(16)11(15)6-10(13)14/h6-9,17H,3-5,16H2,1-2H3. The van der Waals surface area contributed by atoms with Gasteiger partial charge in [-0.05, 0) is 54.8 Å². The van der Waals surface area contributed by atoms with Crippen LogP contribution in [0, 0.1) is 5.82 Å². The molecule has 118 valence electrons. The Kier molecular flexibility index (Phi) is 4.92. The predicted molar refractivity (Wildman–Crippen MR) is 83.4 cm³/mol. The number of piperidine rings is 1. The smallest absolute Gasteiger partial charge is 0.254 e. The quantitative estimate of drug-likeness (QED) is 0.791. The first-order valence-electron chi connectivity index (χ1n) is 6.77. The van der Waals surface area contributed by atoms with E-state index in [2.05, 4.69) is 20.8 Å². The van der Waals surface area contributed by atoms with Crippen molar-refractivity contribution in [2.45, 2.75) is 50.1 Å². The molecule has 0 aliphatic carbocycles. The number of nitrogen functional groups attached to an aromatic ring is 1. The molecule has 2 atom stereocenters. The van der Waals surface area contributed by atoms with E-state index in [-0.39, 0.29) is 27.1 Å². The molecule has 0 saturated carbocycles. The lowest BCUT2D eigenvalue weighted by atomic mass is 10.0. The number of nitrogens with one attached hydrogen (secondary N) is 1.